The van der Waals surface area contributed by atoms with E-state index in [0.717, 1.165) is 27.5 Å². The number of nitrogens with one attached hydrogen (secondary N) is 1. The summed E-state index contributed by atoms with van der Waals surface area (Å²) in [5.74, 6) is 2.84. The molecule has 2 aromatic rings. The van der Waals surface area contributed by atoms with E-state index in [4.69, 9.17) is 13.9 Å². The fourth-order valence-corrected chi connectivity index (χ4v) is 2.72. The average Bonchev–Trinajstić information content (AvgIpc) is 2.81. The molecule has 3 rings (SSSR count). The maximum absolute atomic E-state index is 5.84. The number of ether oxygens (including phenoxy) is 2. The van der Waals surface area contributed by atoms with Gasteiger partial charge in [0.25, 0.3) is 0 Å². The Kier molecular flexibility index (Phi) is 4.22. The van der Waals surface area contributed by atoms with E-state index in [1.165, 1.54) is 0 Å². The third kappa shape index (κ3) is 3.09. The van der Waals surface area contributed by atoms with E-state index < -0.39 is 0 Å². The number of halogens is 1. The quantitative estimate of drug-likeness (QED) is 0.914. The maximum atomic E-state index is 5.84. The highest BCUT2D eigenvalue weighted by Gasteiger charge is 2.20. The normalized spacial score (nSPS) is 19.1. The summed E-state index contributed by atoms with van der Waals surface area (Å²) in [6, 6.07) is 9.85. The molecule has 1 aliphatic heterocycles. The van der Waals surface area contributed by atoms with Crippen LogP contribution in [0.4, 0.5) is 0 Å². The van der Waals surface area contributed by atoms with Gasteiger partial charge in [0.15, 0.2) is 16.2 Å². The minimum atomic E-state index is -0.0223. The fourth-order valence-electron chi connectivity index (χ4n) is 2.41. The lowest BCUT2D eigenvalue weighted by Gasteiger charge is -2.16. The summed E-state index contributed by atoms with van der Waals surface area (Å²) >= 11 is 3.34. The Balaban J connectivity index is 1.92. The Bertz CT molecular complexity index is 626. The molecule has 4 nitrogen and oxygen atoms in total. The van der Waals surface area contributed by atoms with Crippen molar-refractivity contribution in [3.8, 4) is 11.5 Å². The van der Waals surface area contributed by atoms with Crippen LogP contribution in [0.2, 0.25) is 0 Å². The third-order valence-corrected chi connectivity index (χ3v) is 3.94. The van der Waals surface area contributed by atoms with Crippen molar-refractivity contribution in [1.82, 2.24) is 5.32 Å². The molecule has 1 aliphatic rings. The highest BCUT2D eigenvalue weighted by molar-refractivity contribution is 9.10. The zero-order valence-corrected chi connectivity index (χ0v) is 13.6. The van der Waals surface area contributed by atoms with Crippen molar-refractivity contribution in [2.75, 3.05) is 20.3 Å². The summed E-state index contributed by atoms with van der Waals surface area (Å²) < 4.78 is 18.0. The number of rotatable bonds is 3. The van der Waals surface area contributed by atoms with Crippen molar-refractivity contribution in [2.45, 2.75) is 13.0 Å². The molecule has 21 heavy (non-hydrogen) atoms. The lowest BCUT2D eigenvalue weighted by atomic mass is 10.0. The van der Waals surface area contributed by atoms with Crippen molar-refractivity contribution in [2.24, 2.45) is 5.92 Å². The number of hydrogen-bond acceptors (Lipinski definition) is 4. The molecule has 1 N–H and O–H groups in total. The Morgan fingerprint density at radius 1 is 1.14 bits per heavy atom. The van der Waals surface area contributed by atoms with E-state index in [-0.39, 0.29) is 6.04 Å². The summed E-state index contributed by atoms with van der Waals surface area (Å²) in [5.41, 5.74) is 1.08. The van der Waals surface area contributed by atoms with Gasteiger partial charge in [-0.2, -0.15) is 0 Å². The van der Waals surface area contributed by atoms with Gasteiger partial charge in [-0.15, -0.1) is 0 Å². The van der Waals surface area contributed by atoms with Gasteiger partial charge < -0.3 is 19.2 Å². The highest BCUT2D eigenvalue weighted by Crippen LogP contribution is 2.35. The fraction of sp³-hybridized carbons (Fsp3) is 0.375. The second-order valence-electron chi connectivity index (χ2n) is 5.30. The second kappa shape index (κ2) is 6.12. The first kappa shape index (κ1) is 14.5. The molecule has 2 atom stereocenters. The third-order valence-electron chi connectivity index (χ3n) is 3.51. The van der Waals surface area contributed by atoms with E-state index in [0.29, 0.717) is 19.1 Å². The van der Waals surface area contributed by atoms with E-state index >= 15 is 0 Å². The van der Waals surface area contributed by atoms with Crippen LogP contribution in [0.15, 0.2) is 39.4 Å². The number of benzene rings is 1. The number of fused-ring (bicyclic) bond motifs is 1. The zero-order valence-electron chi connectivity index (χ0n) is 12.1. The second-order valence-corrected chi connectivity index (χ2v) is 6.08. The Hall–Kier alpha value is -1.46. The van der Waals surface area contributed by atoms with Crippen LogP contribution in [0.3, 0.4) is 0 Å². The summed E-state index contributed by atoms with van der Waals surface area (Å²) in [7, 11) is 1.91. The molecule has 5 heteroatoms. The monoisotopic (exact) mass is 351 g/mol. The summed E-state index contributed by atoms with van der Waals surface area (Å²) in [5, 5.41) is 3.27. The molecule has 0 aliphatic carbocycles. The topological polar surface area (TPSA) is 43.6 Å². The molecule has 0 saturated carbocycles. The lowest BCUT2D eigenvalue weighted by molar-refractivity contribution is 0.228. The van der Waals surface area contributed by atoms with Gasteiger partial charge in [-0.05, 0) is 52.8 Å². The molecule has 2 heterocycles. The molecule has 0 bridgehead atoms. The van der Waals surface area contributed by atoms with Gasteiger partial charge in [0.2, 0.25) is 0 Å². The molecule has 0 radical (unpaired) electrons. The van der Waals surface area contributed by atoms with E-state index in [9.17, 15) is 0 Å². The summed E-state index contributed by atoms with van der Waals surface area (Å²) in [4.78, 5) is 0. The summed E-state index contributed by atoms with van der Waals surface area (Å²) in [6.45, 7) is 3.48. The van der Waals surface area contributed by atoms with E-state index in [1.807, 2.05) is 37.4 Å². The van der Waals surface area contributed by atoms with Crippen molar-refractivity contribution < 1.29 is 13.9 Å². The molecular formula is C16H18BrNO3. The molecule has 0 fully saturated rings. The average molecular weight is 352 g/mol. The van der Waals surface area contributed by atoms with E-state index in [1.54, 1.807) is 0 Å². The van der Waals surface area contributed by atoms with E-state index in [2.05, 4.69) is 28.2 Å². The van der Waals surface area contributed by atoms with Crippen LogP contribution >= 0.6 is 15.9 Å². The molecular weight excluding hydrogens is 334 g/mol. The SMILES string of the molecule is CNC(c1ccc2c(c1)OCC(C)CO2)c1ccc(Br)o1. The van der Waals surface area contributed by atoms with Gasteiger partial charge in [-0.3, -0.25) is 0 Å². The van der Waals surface area contributed by atoms with Crippen LogP contribution < -0.4 is 14.8 Å². The van der Waals surface area contributed by atoms with Gasteiger partial charge >= 0.3 is 0 Å². The highest BCUT2D eigenvalue weighted by atomic mass is 79.9. The number of hydrogen-bond donors (Lipinski definition) is 1. The molecule has 1 aromatic heterocycles. The van der Waals surface area contributed by atoms with Crippen molar-refractivity contribution in [1.29, 1.82) is 0 Å². The Morgan fingerprint density at radius 3 is 2.57 bits per heavy atom. The van der Waals surface area contributed by atoms with Crippen LogP contribution in [0.1, 0.15) is 24.3 Å². The maximum Gasteiger partial charge on any atom is 0.169 e. The van der Waals surface area contributed by atoms with Gasteiger partial charge in [0.1, 0.15) is 5.76 Å². The molecule has 1 aromatic carbocycles. The van der Waals surface area contributed by atoms with Crippen LogP contribution in [0.5, 0.6) is 11.5 Å². The predicted molar refractivity (Wildman–Crippen MR) is 83.9 cm³/mol. The first-order chi connectivity index (χ1) is 10.2. The largest absolute Gasteiger partial charge is 0.489 e. The minimum Gasteiger partial charge on any atom is -0.489 e. The first-order valence-corrected chi connectivity index (χ1v) is 7.78. The van der Waals surface area contributed by atoms with Gasteiger partial charge in [0.05, 0.1) is 19.3 Å². The molecule has 0 spiro atoms. The predicted octanol–water partition coefficient (Wildman–Crippen LogP) is 3.76. The molecule has 0 saturated heterocycles. The molecule has 0 amide bonds. The van der Waals surface area contributed by atoms with Crippen molar-refractivity contribution >= 4 is 15.9 Å². The Labute approximate surface area is 132 Å². The zero-order chi connectivity index (χ0) is 14.8. The molecule has 2 unspecified atom stereocenters. The summed E-state index contributed by atoms with van der Waals surface area (Å²) in [6.07, 6.45) is 0. The van der Waals surface area contributed by atoms with Gasteiger partial charge in [-0.1, -0.05) is 13.0 Å². The standard InChI is InChI=1S/C16H18BrNO3/c1-10-8-19-12-4-3-11(7-14(12)20-9-10)16(18-2)13-5-6-15(17)21-13/h3-7,10,16,18H,8-9H2,1-2H3. The van der Waals surface area contributed by atoms with Crippen molar-refractivity contribution in [3.05, 3.63) is 46.3 Å². The first-order valence-electron chi connectivity index (χ1n) is 6.99. The smallest absolute Gasteiger partial charge is 0.169 e. The van der Waals surface area contributed by atoms with Crippen LogP contribution in [0, 0.1) is 5.92 Å². The lowest BCUT2D eigenvalue weighted by Crippen LogP contribution is -2.17. The Morgan fingerprint density at radius 2 is 1.90 bits per heavy atom. The van der Waals surface area contributed by atoms with Crippen LogP contribution in [0.25, 0.3) is 0 Å². The van der Waals surface area contributed by atoms with Gasteiger partial charge in [0, 0.05) is 5.92 Å². The number of furan rings is 1. The minimum absolute atomic E-state index is 0.0223. The van der Waals surface area contributed by atoms with Crippen LogP contribution in [-0.4, -0.2) is 20.3 Å². The van der Waals surface area contributed by atoms with Crippen LogP contribution in [-0.2, 0) is 0 Å². The molecule has 112 valence electrons. The van der Waals surface area contributed by atoms with Gasteiger partial charge in [-0.25, -0.2) is 0 Å². The van der Waals surface area contributed by atoms with Crippen molar-refractivity contribution in [3.63, 3.8) is 0 Å².